The van der Waals surface area contributed by atoms with Gasteiger partial charge in [-0.15, -0.1) is 0 Å². The summed E-state index contributed by atoms with van der Waals surface area (Å²) in [7, 11) is -4.67. The Morgan fingerprint density at radius 2 is 1.57 bits per heavy atom. The van der Waals surface area contributed by atoms with Crippen molar-refractivity contribution in [2.75, 3.05) is 13.2 Å². The van der Waals surface area contributed by atoms with Crippen LogP contribution in [-0.4, -0.2) is 52.2 Å². The molecule has 4 rings (SSSR count). The van der Waals surface area contributed by atoms with E-state index in [1.54, 1.807) is 5.57 Å². The molecule has 3 fully saturated rings. The molecule has 0 bridgehead atoms. The largest absolute Gasteiger partial charge is 0.394 e. The monoisotopic (exact) mass is 546 g/mol. The fourth-order valence-corrected chi connectivity index (χ4v) is 8.67. The first-order valence-corrected chi connectivity index (χ1v) is 15.9. The molecule has 0 aromatic heterocycles. The van der Waals surface area contributed by atoms with E-state index in [0.29, 0.717) is 10.8 Å². The van der Waals surface area contributed by atoms with E-state index in [2.05, 4.69) is 40.7 Å². The maximum absolute atomic E-state index is 10.2. The Hall–Kier alpha value is -0.510. The van der Waals surface area contributed by atoms with Crippen LogP contribution < -0.4 is 0 Å². The normalized spacial score (nSPS) is 37.6. The highest BCUT2D eigenvalue weighted by Gasteiger charge is 2.59. The van der Waals surface area contributed by atoms with Gasteiger partial charge in [-0.3, -0.25) is 9.11 Å². The van der Waals surface area contributed by atoms with E-state index in [-0.39, 0.29) is 19.3 Å². The highest BCUT2D eigenvalue weighted by Crippen LogP contribution is 2.67. The average Bonchev–Trinajstić information content (AvgIpc) is 3.15. The van der Waals surface area contributed by atoms with Crippen molar-refractivity contribution in [2.45, 2.75) is 111 Å². The lowest BCUT2D eigenvalue weighted by Gasteiger charge is -2.58. The fraction of sp³-hybridized carbons (Fsp3) is 0.931. The lowest BCUT2D eigenvalue weighted by Crippen LogP contribution is -2.50. The van der Waals surface area contributed by atoms with Crippen LogP contribution in [0.2, 0.25) is 0 Å². The first-order valence-electron chi connectivity index (χ1n) is 14.5. The van der Waals surface area contributed by atoms with Crippen LogP contribution in [0.15, 0.2) is 11.6 Å². The molecule has 218 valence electrons. The Morgan fingerprint density at radius 1 is 0.946 bits per heavy atom. The third kappa shape index (κ3) is 8.49. The SMILES string of the molecule is CC(C)CCCC(C)[C@H]1CC[C@H]2[C@@H]3CC=C4C[C@@H](O)CC[C@]4(C)[C@H]3CC[C@]12C.O=S(=O)(O)O.OCCO. The van der Waals surface area contributed by atoms with Gasteiger partial charge in [0.2, 0.25) is 0 Å². The van der Waals surface area contributed by atoms with Crippen LogP contribution in [0.25, 0.3) is 0 Å². The van der Waals surface area contributed by atoms with Gasteiger partial charge in [-0.05, 0) is 97.7 Å². The molecule has 0 aromatic carbocycles. The molecule has 3 saturated carbocycles. The zero-order valence-electron chi connectivity index (χ0n) is 23.8. The van der Waals surface area contributed by atoms with Crippen LogP contribution in [0.3, 0.4) is 0 Å². The number of rotatable bonds is 6. The van der Waals surface area contributed by atoms with Crippen molar-refractivity contribution in [1.29, 1.82) is 0 Å². The Labute approximate surface area is 225 Å². The zero-order chi connectivity index (χ0) is 28.0. The van der Waals surface area contributed by atoms with E-state index in [9.17, 15) is 5.11 Å². The summed E-state index contributed by atoms with van der Waals surface area (Å²) in [5.41, 5.74) is 2.60. The highest BCUT2D eigenvalue weighted by molar-refractivity contribution is 7.79. The van der Waals surface area contributed by atoms with Crippen LogP contribution >= 0.6 is 0 Å². The molecular weight excluding hydrogens is 492 g/mol. The predicted octanol–water partition coefficient (Wildman–Crippen LogP) is 5.71. The minimum atomic E-state index is -4.67. The molecule has 4 aliphatic carbocycles. The van der Waals surface area contributed by atoms with Gasteiger partial charge in [0.15, 0.2) is 0 Å². The van der Waals surface area contributed by atoms with E-state index >= 15 is 0 Å². The van der Waals surface area contributed by atoms with Gasteiger partial charge < -0.3 is 15.3 Å². The summed E-state index contributed by atoms with van der Waals surface area (Å²) in [6, 6.07) is 0. The van der Waals surface area contributed by atoms with Crippen molar-refractivity contribution in [2.24, 2.45) is 46.3 Å². The molecule has 8 atom stereocenters. The molecule has 1 unspecified atom stereocenters. The van der Waals surface area contributed by atoms with Crippen LogP contribution in [0.5, 0.6) is 0 Å². The first kappa shape index (κ1) is 32.7. The van der Waals surface area contributed by atoms with Crippen molar-refractivity contribution in [3.8, 4) is 0 Å². The highest BCUT2D eigenvalue weighted by atomic mass is 32.3. The number of aliphatic hydroxyl groups is 3. The molecule has 0 amide bonds. The molecule has 0 aromatic rings. The number of allylic oxidation sites excluding steroid dienone is 1. The van der Waals surface area contributed by atoms with E-state index in [1.165, 1.54) is 57.8 Å². The van der Waals surface area contributed by atoms with E-state index in [1.807, 2.05) is 0 Å². The molecule has 5 N–H and O–H groups in total. The smallest absolute Gasteiger partial charge is 0.394 e. The van der Waals surface area contributed by atoms with Gasteiger partial charge in [0.05, 0.1) is 19.3 Å². The minimum Gasteiger partial charge on any atom is -0.394 e. The quantitative estimate of drug-likeness (QED) is 0.213. The van der Waals surface area contributed by atoms with E-state index < -0.39 is 10.4 Å². The average molecular weight is 547 g/mol. The Morgan fingerprint density at radius 3 is 2.14 bits per heavy atom. The maximum Gasteiger partial charge on any atom is 0.394 e. The third-order valence-electron chi connectivity index (χ3n) is 10.4. The maximum atomic E-state index is 10.2. The molecular formula is C29H54O7S. The molecule has 37 heavy (non-hydrogen) atoms. The summed E-state index contributed by atoms with van der Waals surface area (Å²) in [4.78, 5) is 0. The van der Waals surface area contributed by atoms with Crippen molar-refractivity contribution in [3.05, 3.63) is 11.6 Å². The lowest BCUT2D eigenvalue weighted by atomic mass is 9.47. The fourth-order valence-electron chi connectivity index (χ4n) is 8.67. The summed E-state index contributed by atoms with van der Waals surface area (Å²) >= 11 is 0. The van der Waals surface area contributed by atoms with Crippen molar-refractivity contribution in [3.63, 3.8) is 0 Å². The van der Waals surface area contributed by atoms with Crippen molar-refractivity contribution >= 4 is 10.4 Å². The molecule has 0 aliphatic heterocycles. The van der Waals surface area contributed by atoms with Crippen LogP contribution in [0.4, 0.5) is 0 Å². The number of fused-ring (bicyclic) bond motifs is 5. The zero-order valence-corrected chi connectivity index (χ0v) is 24.6. The molecule has 7 nitrogen and oxygen atoms in total. The predicted molar refractivity (Wildman–Crippen MR) is 147 cm³/mol. The molecule has 0 heterocycles. The second-order valence-corrected chi connectivity index (χ2v) is 14.0. The summed E-state index contributed by atoms with van der Waals surface area (Å²) < 4.78 is 31.6. The number of aliphatic hydroxyl groups excluding tert-OH is 3. The lowest BCUT2D eigenvalue weighted by molar-refractivity contribution is -0.0573. The van der Waals surface area contributed by atoms with Gasteiger partial charge in [0.1, 0.15) is 0 Å². The molecule has 0 saturated heterocycles. The number of hydrogen-bond donors (Lipinski definition) is 5. The van der Waals surface area contributed by atoms with Crippen LogP contribution in [0.1, 0.15) is 105 Å². The van der Waals surface area contributed by atoms with Crippen LogP contribution in [0, 0.1) is 46.3 Å². The second-order valence-electron chi connectivity index (χ2n) is 13.1. The first-order chi connectivity index (χ1) is 17.2. The molecule has 0 spiro atoms. The number of hydrogen-bond acceptors (Lipinski definition) is 5. The van der Waals surface area contributed by atoms with Gasteiger partial charge in [-0.2, -0.15) is 8.42 Å². The Kier molecular flexibility index (Phi) is 12.1. The summed E-state index contributed by atoms with van der Waals surface area (Å²) in [6.45, 7) is 12.3. The summed E-state index contributed by atoms with van der Waals surface area (Å²) in [5.74, 6) is 5.46. The molecule has 4 aliphatic rings. The van der Waals surface area contributed by atoms with Gasteiger partial charge in [-0.1, -0.05) is 65.5 Å². The second kappa shape index (κ2) is 13.7. The topological polar surface area (TPSA) is 135 Å². The van der Waals surface area contributed by atoms with E-state index in [4.69, 9.17) is 27.7 Å². The van der Waals surface area contributed by atoms with Gasteiger partial charge in [0.25, 0.3) is 0 Å². The van der Waals surface area contributed by atoms with Crippen LogP contribution in [-0.2, 0) is 10.4 Å². The summed E-state index contributed by atoms with van der Waals surface area (Å²) in [6.07, 6.45) is 17.2. The standard InChI is InChI=1S/C27H46O.C2H6O2.H2O4S/c1-18(2)7-6-8-19(3)23-11-12-24-22-10-9-20-17-21(28)13-15-26(20,4)25(22)14-16-27(23,24)5;3-1-2-4;1-5(2,3)4/h9,18-19,21-25,28H,6-8,10-17H2,1-5H3;3-4H,1-2H2;(H2,1,2,3,4)/t19?,21-,22-,23+,24-,25-,26-,27+;;/m0../s1. The van der Waals surface area contributed by atoms with Gasteiger partial charge in [0, 0.05) is 0 Å². The van der Waals surface area contributed by atoms with Crippen molar-refractivity contribution < 1.29 is 32.8 Å². The molecule has 8 heteroatoms. The van der Waals surface area contributed by atoms with Gasteiger partial charge in [-0.25, -0.2) is 0 Å². The molecule has 0 radical (unpaired) electrons. The summed E-state index contributed by atoms with van der Waals surface area (Å²) in [5, 5.41) is 25.5. The van der Waals surface area contributed by atoms with Gasteiger partial charge >= 0.3 is 10.4 Å². The third-order valence-corrected chi connectivity index (χ3v) is 10.4. The minimum absolute atomic E-state index is 0.0766. The Balaban J connectivity index is 0.000000464. The van der Waals surface area contributed by atoms with E-state index in [0.717, 1.165) is 48.3 Å². The van der Waals surface area contributed by atoms with Crippen molar-refractivity contribution in [1.82, 2.24) is 0 Å². The Bertz CT molecular complexity index is 831.